The van der Waals surface area contributed by atoms with Gasteiger partial charge in [-0.25, -0.2) is 0 Å². The summed E-state index contributed by atoms with van der Waals surface area (Å²) in [6, 6.07) is 12.1. The molecule has 0 unspecified atom stereocenters. The molecule has 0 amide bonds. The van der Waals surface area contributed by atoms with Gasteiger partial charge in [0.25, 0.3) is 0 Å². The van der Waals surface area contributed by atoms with Gasteiger partial charge in [-0.3, -0.25) is 4.98 Å². The lowest BCUT2D eigenvalue weighted by Gasteiger charge is -2.10. The van der Waals surface area contributed by atoms with Gasteiger partial charge in [0.1, 0.15) is 0 Å². The molecule has 0 fully saturated rings. The maximum atomic E-state index is 5.51. The Hall–Kier alpha value is -1.94. The number of aromatic nitrogens is 1. The molecule has 0 saturated heterocycles. The molecule has 1 aromatic carbocycles. The Labute approximate surface area is 112 Å². The Morgan fingerprint density at radius 3 is 2.56 bits per heavy atom. The standard InChI is InChI=1S/C14H15N3S/c15-14(18)17-13-4-2-1-3-12(13)6-5-11-7-9-16-10-8-11/h1-4,7-10H,5-6H2,(H3,15,17,18). The van der Waals surface area contributed by atoms with Crippen LogP contribution in [0.3, 0.4) is 0 Å². The van der Waals surface area contributed by atoms with Crippen LogP contribution in [0, 0.1) is 0 Å². The van der Waals surface area contributed by atoms with Crippen molar-refractivity contribution in [3.8, 4) is 0 Å². The van der Waals surface area contributed by atoms with Crippen molar-refractivity contribution >= 4 is 23.0 Å². The smallest absolute Gasteiger partial charge is 0.168 e. The van der Waals surface area contributed by atoms with Crippen LogP contribution in [0.25, 0.3) is 0 Å². The molecule has 1 aromatic heterocycles. The summed E-state index contributed by atoms with van der Waals surface area (Å²) in [5.41, 5.74) is 8.98. The number of nitrogens with one attached hydrogen (secondary N) is 1. The zero-order chi connectivity index (χ0) is 12.8. The van der Waals surface area contributed by atoms with Gasteiger partial charge in [-0.1, -0.05) is 18.2 Å². The Morgan fingerprint density at radius 1 is 1.11 bits per heavy atom. The van der Waals surface area contributed by atoms with E-state index in [1.54, 1.807) is 0 Å². The molecule has 0 radical (unpaired) electrons. The van der Waals surface area contributed by atoms with E-state index in [1.165, 1.54) is 11.1 Å². The van der Waals surface area contributed by atoms with Crippen LogP contribution >= 0.6 is 12.2 Å². The number of thiocarbonyl (C=S) groups is 1. The van der Waals surface area contributed by atoms with Crippen LogP contribution in [0.15, 0.2) is 48.8 Å². The van der Waals surface area contributed by atoms with Gasteiger partial charge in [-0.05, 0) is 54.4 Å². The van der Waals surface area contributed by atoms with Crippen LogP contribution in [-0.4, -0.2) is 10.1 Å². The molecule has 92 valence electrons. The third-order valence-corrected chi connectivity index (χ3v) is 2.81. The Morgan fingerprint density at radius 2 is 1.83 bits per heavy atom. The predicted molar refractivity (Wildman–Crippen MR) is 78.5 cm³/mol. The lowest BCUT2D eigenvalue weighted by molar-refractivity contribution is 0.957. The number of para-hydroxylation sites is 1. The maximum Gasteiger partial charge on any atom is 0.168 e. The summed E-state index contributed by atoms with van der Waals surface area (Å²) in [4.78, 5) is 4.01. The van der Waals surface area contributed by atoms with Gasteiger partial charge in [-0.2, -0.15) is 0 Å². The van der Waals surface area contributed by atoms with Crippen LogP contribution in [0.4, 0.5) is 5.69 Å². The first-order valence-electron chi connectivity index (χ1n) is 5.79. The average molecular weight is 257 g/mol. The van der Waals surface area contributed by atoms with E-state index in [2.05, 4.69) is 16.4 Å². The molecule has 18 heavy (non-hydrogen) atoms. The number of nitrogens with zero attached hydrogens (tertiary/aromatic N) is 1. The van der Waals surface area contributed by atoms with Crippen molar-refractivity contribution in [2.45, 2.75) is 12.8 Å². The number of hydrogen-bond donors (Lipinski definition) is 2. The molecule has 0 aliphatic heterocycles. The zero-order valence-corrected chi connectivity index (χ0v) is 10.8. The second kappa shape index (κ2) is 6.12. The average Bonchev–Trinajstić information content (AvgIpc) is 2.38. The minimum Gasteiger partial charge on any atom is -0.376 e. The third kappa shape index (κ3) is 3.53. The molecule has 0 aliphatic carbocycles. The monoisotopic (exact) mass is 257 g/mol. The minimum absolute atomic E-state index is 0.298. The van der Waals surface area contributed by atoms with Gasteiger partial charge in [0.15, 0.2) is 5.11 Å². The number of benzene rings is 1. The highest BCUT2D eigenvalue weighted by Gasteiger charge is 2.02. The zero-order valence-electron chi connectivity index (χ0n) is 9.97. The summed E-state index contributed by atoms with van der Waals surface area (Å²) in [6.45, 7) is 0. The molecule has 3 nitrogen and oxygen atoms in total. The fraction of sp³-hybridized carbons (Fsp3) is 0.143. The minimum atomic E-state index is 0.298. The number of hydrogen-bond acceptors (Lipinski definition) is 2. The third-order valence-electron chi connectivity index (χ3n) is 2.71. The maximum absolute atomic E-state index is 5.51. The Balaban J connectivity index is 2.07. The first-order valence-corrected chi connectivity index (χ1v) is 6.20. The highest BCUT2D eigenvalue weighted by Crippen LogP contribution is 2.17. The molecular formula is C14H15N3S. The molecule has 2 rings (SSSR count). The van der Waals surface area contributed by atoms with Crippen molar-refractivity contribution in [3.05, 3.63) is 59.9 Å². The largest absolute Gasteiger partial charge is 0.376 e. The summed E-state index contributed by atoms with van der Waals surface area (Å²) >= 11 is 4.87. The van der Waals surface area contributed by atoms with E-state index in [0.29, 0.717) is 5.11 Å². The molecule has 3 N–H and O–H groups in total. The van der Waals surface area contributed by atoms with Crippen molar-refractivity contribution in [1.82, 2.24) is 4.98 Å². The molecule has 1 heterocycles. The van der Waals surface area contributed by atoms with Gasteiger partial charge < -0.3 is 11.1 Å². The number of anilines is 1. The molecule has 4 heteroatoms. The number of aryl methyl sites for hydroxylation is 2. The molecule has 0 spiro atoms. The highest BCUT2D eigenvalue weighted by molar-refractivity contribution is 7.80. The van der Waals surface area contributed by atoms with Gasteiger partial charge >= 0.3 is 0 Å². The fourth-order valence-electron chi connectivity index (χ4n) is 1.82. The van der Waals surface area contributed by atoms with Crippen LogP contribution in [-0.2, 0) is 12.8 Å². The van der Waals surface area contributed by atoms with Crippen molar-refractivity contribution in [3.63, 3.8) is 0 Å². The fourth-order valence-corrected chi connectivity index (χ4v) is 1.93. The summed E-state index contributed by atoms with van der Waals surface area (Å²) in [6.07, 6.45) is 5.54. The van der Waals surface area contributed by atoms with E-state index < -0.39 is 0 Å². The predicted octanol–water partition coefficient (Wildman–Crippen LogP) is 2.52. The topological polar surface area (TPSA) is 50.9 Å². The molecule has 0 atom stereocenters. The number of nitrogens with two attached hydrogens (primary N) is 1. The van der Waals surface area contributed by atoms with Gasteiger partial charge in [-0.15, -0.1) is 0 Å². The van der Waals surface area contributed by atoms with Gasteiger partial charge in [0, 0.05) is 18.1 Å². The van der Waals surface area contributed by atoms with Crippen molar-refractivity contribution in [2.75, 3.05) is 5.32 Å². The quantitative estimate of drug-likeness (QED) is 0.826. The second-order valence-corrected chi connectivity index (χ2v) is 4.44. The van der Waals surface area contributed by atoms with Crippen LogP contribution in [0.5, 0.6) is 0 Å². The van der Waals surface area contributed by atoms with Crippen molar-refractivity contribution in [1.29, 1.82) is 0 Å². The summed E-state index contributed by atoms with van der Waals surface area (Å²) in [7, 11) is 0. The van der Waals surface area contributed by atoms with Gasteiger partial charge in [0.2, 0.25) is 0 Å². The Kier molecular flexibility index (Phi) is 4.25. The first kappa shape index (κ1) is 12.5. The van der Waals surface area contributed by atoms with E-state index in [1.807, 2.05) is 42.7 Å². The molecule has 0 saturated carbocycles. The highest BCUT2D eigenvalue weighted by atomic mass is 32.1. The normalized spacial score (nSPS) is 10.0. The van der Waals surface area contributed by atoms with E-state index in [4.69, 9.17) is 18.0 Å². The second-order valence-electron chi connectivity index (χ2n) is 4.00. The first-order chi connectivity index (χ1) is 8.75. The summed E-state index contributed by atoms with van der Waals surface area (Å²) < 4.78 is 0. The SMILES string of the molecule is NC(=S)Nc1ccccc1CCc1ccncc1. The molecule has 0 bridgehead atoms. The Bertz CT molecular complexity index is 526. The molecule has 2 aromatic rings. The van der Waals surface area contributed by atoms with Crippen LogP contribution < -0.4 is 11.1 Å². The van der Waals surface area contributed by atoms with E-state index in [-0.39, 0.29) is 0 Å². The van der Waals surface area contributed by atoms with E-state index in [9.17, 15) is 0 Å². The number of rotatable bonds is 4. The lowest BCUT2D eigenvalue weighted by Crippen LogP contribution is -2.19. The van der Waals surface area contributed by atoms with Crippen molar-refractivity contribution < 1.29 is 0 Å². The number of pyridine rings is 1. The lowest BCUT2D eigenvalue weighted by atomic mass is 10.0. The summed E-state index contributed by atoms with van der Waals surface area (Å²) in [5, 5.41) is 3.30. The van der Waals surface area contributed by atoms with Gasteiger partial charge in [0.05, 0.1) is 0 Å². The van der Waals surface area contributed by atoms with E-state index >= 15 is 0 Å². The summed E-state index contributed by atoms with van der Waals surface area (Å²) in [5.74, 6) is 0. The van der Waals surface area contributed by atoms with Crippen LogP contribution in [0.2, 0.25) is 0 Å². The van der Waals surface area contributed by atoms with E-state index in [0.717, 1.165) is 18.5 Å². The van der Waals surface area contributed by atoms with Crippen LogP contribution in [0.1, 0.15) is 11.1 Å². The molecule has 0 aliphatic rings. The van der Waals surface area contributed by atoms with Crippen molar-refractivity contribution in [2.24, 2.45) is 5.73 Å². The molecular weight excluding hydrogens is 242 g/mol.